The van der Waals surface area contributed by atoms with Crippen LogP contribution in [-0.2, 0) is 4.79 Å². The average molecular weight is 775 g/mol. The molecule has 7 nitrogen and oxygen atoms in total. The predicted octanol–water partition coefficient (Wildman–Crippen LogP) is 9.94. The molecule has 57 heavy (non-hydrogen) atoms. The maximum absolute atomic E-state index is 11.3. The number of nitrogens with one attached hydrogen (secondary N) is 5. The molecule has 1 aromatic carbocycles. The van der Waals surface area contributed by atoms with E-state index in [1.165, 1.54) is 16.8 Å². The minimum atomic E-state index is -0.0302. The summed E-state index contributed by atoms with van der Waals surface area (Å²) in [5.41, 5.74) is 10.1. The fourth-order valence-corrected chi connectivity index (χ4v) is 7.52. The van der Waals surface area contributed by atoms with Crippen molar-refractivity contribution in [1.82, 2.24) is 31.5 Å². The predicted molar refractivity (Wildman–Crippen MR) is 246 cm³/mol. The maximum Gasteiger partial charge on any atom is 0.148 e. The van der Waals surface area contributed by atoms with Crippen LogP contribution in [0.5, 0.6) is 0 Å². The number of benzene rings is 1. The van der Waals surface area contributed by atoms with Crippen molar-refractivity contribution < 1.29 is 4.79 Å². The van der Waals surface area contributed by atoms with E-state index in [0.717, 1.165) is 111 Å². The normalized spacial score (nSPS) is 17.7. The summed E-state index contributed by atoms with van der Waals surface area (Å²) in [6, 6.07) is 8.75. The molecule has 3 unspecified atom stereocenters. The summed E-state index contributed by atoms with van der Waals surface area (Å²) in [5, 5.41) is 17.4. The van der Waals surface area contributed by atoms with Gasteiger partial charge in [0.1, 0.15) is 5.78 Å². The summed E-state index contributed by atoms with van der Waals surface area (Å²) in [7, 11) is 0. The first kappa shape index (κ1) is 46.5. The quantitative estimate of drug-likeness (QED) is 0.0600. The molecule has 2 aliphatic rings. The lowest BCUT2D eigenvalue weighted by atomic mass is 9.85. The van der Waals surface area contributed by atoms with Gasteiger partial charge in [-0.05, 0) is 98.3 Å². The summed E-state index contributed by atoms with van der Waals surface area (Å²) >= 11 is 0. The van der Waals surface area contributed by atoms with Crippen molar-refractivity contribution in [1.29, 1.82) is 0 Å². The number of hydrogen-bond acceptors (Lipinski definition) is 7. The molecule has 0 saturated carbocycles. The van der Waals surface area contributed by atoms with E-state index in [4.69, 9.17) is 0 Å². The third-order valence-corrected chi connectivity index (χ3v) is 11.1. The number of Topliss-reactive ketones (excluding diaryl/α,β-unsaturated/α-hetero) is 1. The molecular weight excluding hydrogens is 701 g/mol. The van der Waals surface area contributed by atoms with Crippen molar-refractivity contribution in [3.05, 3.63) is 152 Å². The Balaban J connectivity index is 1.59. The van der Waals surface area contributed by atoms with E-state index < -0.39 is 0 Å². The van der Waals surface area contributed by atoms with Crippen molar-refractivity contribution >= 4 is 11.4 Å². The van der Waals surface area contributed by atoms with Gasteiger partial charge in [0.15, 0.2) is 0 Å². The molecule has 0 spiro atoms. The summed E-state index contributed by atoms with van der Waals surface area (Å²) in [6.07, 6.45) is 17.6. The molecule has 0 aromatic heterocycles. The van der Waals surface area contributed by atoms with Crippen LogP contribution < -0.4 is 26.6 Å². The van der Waals surface area contributed by atoms with Crippen LogP contribution in [-0.4, -0.2) is 55.5 Å². The summed E-state index contributed by atoms with van der Waals surface area (Å²) in [4.78, 5) is 13.8. The number of hydrogen-bond donors (Lipinski definition) is 5. The van der Waals surface area contributed by atoms with Crippen molar-refractivity contribution in [3.63, 3.8) is 0 Å². The second-order valence-corrected chi connectivity index (χ2v) is 16.4. The van der Waals surface area contributed by atoms with Crippen LogP contribution in [0.15, 0.2) is 141 Å². The zero-order valence-electron chi connectivity index (χ0n) is 35.9. The lowest BCUT2D eigenvalue weighted by Gasteiger charge is -2.40. The van der Waals surface area contributed by atoms with Crippen LogP contribution in [0.2, 0.25) is 0 Å². The topological polar surface area (TPSA) is 80.5 Å². The highest BCUT2D eigenvalue weighted by Crippen LogP contribution is 2.35. The van der Waals surface area contributed by atoms with Gasteiger partial charge in [-0.3, -0.25) is 4.79 Å². The second-order valence-electron chi connectivity index (χ2n) is 16.4. The van der Waals surface area contributed by atoms with E-state index in [1.54, 1.807) is 6.92 Å². The summed E-state index contributed by atoms with van der Waals surface area (Å²) in [5.74, 6) is 1.49. The SMILES string of the molecule is C=C(CNC(=C)C(=C)C(CCC)NC(=C)CNC(=C)C(NC(=C)CCC(C)C)C1CCN(C(=C)CCC2C/C=C\C=C/C(=C)c3ccccc32)CC1)NCC(C)=O. The lowest BCUT2D eigenvalue weighted by Crippen LogP contribution is -2.46. The first-order valence-electron chi connectivity index (χ1n) is 21.1. The molecular formula is C50H74N6O. The van der Waals surface area contributed by atoms with E-state index in [1.807, 2.05) is 0 Å². The first-order valence-corrected chi connectivity index (χ1v) is 21.1. The van der Waals surface area contributed by atoms with E-state index in [0.29, 0.717) is 30.8 Å². The zero-order valence-corrected chi connectivity index (χ0v) is 35.9. The highest BCUT2D eigenvalue weighted by Gasteiger charge is 2.30. The van der Waals surface area contributed by atoms with Gasteiger partial charge in [0.05, 0.1) is 31.7 Å². The number of rotatable bonds is 26. The van der Waals surface area contributed by atoms with Crippen molar-refractivity contribution in [2.24, 2.45) is 11.8 Å². The standard InChI is InChI=1S/C50H74N6O/c1-13-19-49(42(10)43(11)52-32-38(6)51-34-41(9)57)54-39(7)33-53-44(12)50(55-37(5)25-24-35(2)3)46-28-30-56(31-29-46)40(8)26-27-45-21-16-14-15-20-36(4)47-22-17-18-23-48(45)47/h14-18,20,22-23,35,45-46,49-55H,4-8,10-13,19,21,24-34H2,1-3,9H3/b16-14-,20-15-. The Kier molecular flexibility index (Phi) is 19.6. The highest BCUT2D eigenvalue weighted by molar-refractivity contribution is 5.77. The smallest absolute Gasteiger partial charge is 0.148 e. The lowest BCUT2D eigenvalue weighted by molar-refractivity contribution is -0.116. The van der Waals surface area contributed by atoms with Crippen LogP contribution in [0.25, 0.3) is 5.57 Å². The van der Waals surface area contributed by atoms with E-state index in [9.17, 15) is 4.79 Å². The Morgan fingerprint density at radius 3 is 2.23 bits per heavy atom. The van der Waals surface area contributed by atoms with Crippen LogP contribution in [0.3, 0.4) is 0 Å². The van der Waals surface area contributed by atoms with Gasteiger partial charge in [-0.1, -0.05) is 128 Å². The number of fused-ring (bicyclic) bond motifs is 1. The van der Waals surface area contributed by atoms with Gasteiger partial charge in [0.25, 0.3) is 0 Å². The minimum absolute atomic E-state index is 0.0302. The van der Waals surface area contributed by atoms with Crippen molar-refractivity contribution in [2.75, 3.05) is 32.7 Å². The fraction of sp³-hybridized carbons (Fsp3) is 0.460. The molecule has 1 heterocycles. The number of ketones is 1. The fourth-order valence-electron chi connectivity index (χ4n) is 7.52. The Morgan fingerprint density at radius 2 is 1.54 bits per heavy atom. The third-order valence-electron chi connectivity index (χ3n) is 11.1. The minimum Gasteiger partial charge on any atom is -0.382 e. The molecule has 310 valence electrons. The molecule has 1 aliphatic carbocycles. The third kappa shape index (κ3) is 15.9. The molecule has 1 aromatic rings. The maximum atomic E-state index is 11.3. The molecule has 1 aliphatic heterocycles. The van der Waals surface area contributed by atoms with Crippen LogP contribution >= 0.6 is 0 Å². The van der Waals surface area contributed by atoms with E-state index >= 15 is 0 Å². The Labute approximate surface area is 346 Å². The molecule has 0 bridgehead atoms. The van der Waals surface area contributed by atoms with Crippen LogP contribution in [0, 0.1) is 11.8 Å². The number of piperidine rings is 1. The van der Waals surface area contributed by atoms with E-state index in [2.05, 4.69) is 153 Å². The van der Waals surface area contributed by atoms with Gasteiger partial charge in [-0.25, -0.2) is 0 Å². The molecule has 0 amide bonds. The van der Waals surface area contributed by atoms with E-state index in [-0.39, 0.29) is 24.4 Å². The van der Waals surface area contributed by atoms with Crippen LogP contribution in [0.1, 0.15) is 103 Å². The number of carbonyl (C=O) groups excluding carboxylic acids is 1. The molecule has 3 atom stereocenters. The first-order chi connectivity index (χ1) is 27.2. The molecule has 3 rings (SSSR count). The average Bonchev–Trinajstić information content (AvgIpc) is 3.27. The largest absolute Gasteiger partial charge is 0.382 e. The molecule has 1 fully saturated rings. The molecule has 0 radical (unpaired) electrons. The molecule has 7 heteroatoms. The second kappa shape index (κ2) is 24.0. The number of allylic oxidation sites excluding steroid dienone is 7. The number of carbonyl (C=O) groups is 1. The summed E-state index contributed by atoms with van der Waals surface area (Å²) < 4.78 is 0. The van der Waals surface area contributed by atoms with Crippen molar-refractivity contribution in [2.45, 2.75) is 103 Å². The number of nitrogens with zero attached hydrogens (tertiary/aromatic N) is 1. The van der Waals surface area contributed by atoms with Gasteiger partial charge < -0.3 is 31.5 Å². The Morgan fingerprint density at radius 1 is 0.842 bits per heavy atom. The van der Waals surface area contributed by atoms with Crippen molar-refractivity contribution in [3.8, 4) is 0 Å². The van der Waals surface area contributed by atoms with Gasteiger partial charge in [0.2, 0.25) is 0 Å². The highest BCUT2D eigenvalue weighted by atomic mass is 16.1. The molecule has 5 N–H and O–H groups in total. The molecule has 1 saturated heterocycles. The van der Waals surface area contributed by atoms with Gasteiger partial charge in [-0.15, -0.1) is 0 Å². The summed E-state index contributed by atoms with van der Waals surface area (Å²) in [6.45, 7) is 46.3. The Hall–Kier alpha value is -4.91. The Bertz CT molecular complexity index is 1670. The van der Waals surface area contributed by atoms with Crippen LogP contribution in [0.4, 0.5) is 0 Å². The van der Waals surface area contributed by atoms with Gasteiger partial charge >= 0.3 is 0 Å². The zero-order chi connectivity index (χ0) is 41.9. The van der Waals surface area contributed by atoms with Gasteiger partial charge in [0, 0.05) is 47.3 Å². The number of likely N-dealkylation sites (tertiary alicyclic amines) is 1. The monoisotopic (exact) mass is 775 g/mol. The van der Waals surface area contributed by atoms with Gasteiger partial charge in [-0.2, -0.15) is 0 Å².